The van der Waals surface area contributed by atoms with E-state index in [4.69, 9.17) is 5.11 Å². The number of aryl methyl sites for hydroxylation is 3. The molecule has 124 valence electrons. The molecule has 0 saturated carbocycles. The molecule has 0 radical (unpaired) electrons. The summed E-state index contributed by atoms with van der Waals surface area (Å²) in [6.07, 6.45) is 7.36. The molecule has 2 rings (SSSR count). The number of carbonyl (C=O) groups is 1. The zero-order valence-corrected chi connectivity index (χ0v) is 13.5. The Balaban J connectivity index is 1.80. The SMILES string of the molecule is CN[C@H](C(=O)O)[C@H](O)[C@H](C)CCCc1cn2c(n1)CCCC2. The molecule has 22 heavy (non-hydrogen) atoms. The van der Waals surface area contributed by atoms with Crippen LogP contribution in [-0.2, 0) is 24.2 Å². The molecule has 1 aliphatic heterocycles. The summed E-state index contributed by atoms with van der Waals surface area (Å²) in [6, 6.07) is -0.907. The molecule has 0 spiro atoms. The molecular weight excluding hydrogens is 282 g/mol. The van der Waals surface area contributed by atoms with E-state index in [9.17, 15) is 9.90 Å². The number of aliphatic carboxylic acids is 1. The summed E-state index contributed by atoms with van der Waals surface area (Å²) in [5, 5.41) is 21.8. The highest BCUT2D eigenvalue weighted by Gasteiger charge is 2.28. The van der Waals surface area contributed by atoms with Gasteiger partial charge in [0.15, 0.2) is 0 Å². The van der Waals surface area contributed by atoms with Gasteiger partial charge in [0.25, 0.3) is 0 Å². The standard InChI is InChI=1S/C16H27N3O3/c1-11(15(20)14(17-2)16(21)22)6-5-7-12-10-19-9-4-3-8-13(19)18-12/h10-11,14-15,17,20H,3-9H2,1-2H3,(H,21,22)/t11-,14+,15-/m1/s1. The molecule has 0 fully saturated rings. The largest absolute Gasteiger partial charge is 0.480 e. The van der Waals surface area contributed by atoms with E-state index >= 15 is 0 Å². The highest BCUT2D eigenvalue weighted by atomic mass is 16.4. The number of carboxylic acids is 1. The first-order chi connectivity index (χ1) is 10.5. The summed E-state index contributed by atoms with van der Waals surface area (Å²) in [5.74, 6) is 0.116. The van der Waals surface area contributed by atoms with E-state index in [0.717, 1.165) is 37.9 Å². The number of likely N-dealkylation sites (N-methyl/N-ethyl adjacent to an activating group) is 1. The number of nitrogens with one attached hydrogen (secondary N) is 1. The molecule has 6 heteroatoms. The van der Waals surface area contributed by atoms with E-state index in [0.29, 0.717) is 0 Å². The van der Waals surface area contributed by atoms with E-state index in [1.807, 2.05) is 6.92 Å². The number of carboxylic acid groups (broad SMARTS) is 1. The van der Waals surface area contributed by atoms with Crippen LogP contribution < -0.4 is 5.32 Å². The predicted octanol–water partition coefficient (Wildman–Crippen LogP) is 1.21. The molecule has 0 bridgehead atoms. The normalized spacial score (nSPS) is 18.5. The summed E-state index contributed by atoms with van der Waals surface area (Å²) in [7, 11) is 1.56. The van der Waals surface area contributed by atoms with Crippen molar-refractivity contribution >= 4 is 5.97 Å². The summed E-state index contributed by atoms with van der Waals surface area (Å²) < 4.78 is 2.25. The average Bonchev–Trinajstić information content (AvgIpc) is 2.89. The van der Waals surface area contributed by atoms with Crippen LogP contribution in [0.1, 0.15) is 44.1 Å². The molecule has 6 nitrogen and oxygen atoms in total. The predicted molar refractivity (Wildman–Crippen MR) is 83.8 cm³/mol. The molecule has 3 atom stereocenters. The fourth-order valence-corrected chi connectivity index (χ4v) is 3.14. The van der Waals surface area contributed by atoms with Crippen molar-refractivity contribution in [2.45, 2.75) is 64.1 Å². The summed E-state index contributed by atoms with van der Waals surface area (Å²) >= 11 is 0. The van der Waals surface area contributed by atoms with Crippen LogP contribution in [-0.4, -0.2) is 44.9 Å². The molecule has 0 aliphatic carbocycles. The quantitative estimate of drug-likeness (QED) is 0.672. The molecule has 0 amide bonds. The second-order valence-electron chi connectivity index (χ2n) is 6.26. The van der Waals surface area contributed by atoms with Gasteiger partial charge < -0.3 is 20.1 Å². The number of hydrogen-bond donors (Lipinski definition) is 3. The lowest BCUT2D eigenvalue weighted by atomic mass is 9.92. The molecule has 0 aromatic carbocycles. The van der Waals surface area contributed by atoms with Crippen LogP contribution in [0.15, 0.2) is 6.20 Å². The first-order valence-corrected chi connectivity index (χ1v) is 8.16. The number of hydrogen-bond acceptors (Lipinski definition) is 4. The van der Waals surface area contributed by atoms with Crippen molar-refractivity contribution in [3.8, 4) is 0 Å². The maximum atomic E-state index is 11.0. The minimum atomic E-state index is -1.01. The van der Waals surface area contributed by atoms with Crippen molar-refractivity contribution < 1.29 is 15.0 Å². The van der Waals surface area contributed by atoms with Gasteiger partial charge in [-0.15, -0.1) is 0 Å². The lowest BCUT2D eigenvalue weighted by molar-refractivity contribution is -0.143. The zero-order valence-electron chi connectivity index (χ0n) is 13.5. The van der Waals surface area contributed by atoms with E-state index < -0.39 is 18.1 Å². The number of nitrogens with zero attached hydrogens (tertiary/aromatic N) is 2. The Labute approximate surface area is 131 Å². The molecule has 2 heterocycles. The lowest BCUT2D eigenvalue weighted by Gasteiger charge is -2.24. The third-order valence-electron chi connectivity index (χ3n) is 4.55. The molecular formula is C16H27N3O3. The van der Waals surface area contributed by atoms with E-state index in [1.54, 1.807) is 7.05 Å². The Morgan fingerprint density at radius 2 is 2.27 bits per heavy atom. The summed E-state index contributed by atoms with van der Waals surface area (Å²) in [6.45, 7) is 2.97. The fraction of sp³-hybridized carbons (Fsp3) is 0.750. The number of fused-ring (bicyclic) bond motifs is 1. The van der Waals surface area contributed by atoms with Gasteiger partial charge in [-0.1, -0.05) is 6.92 Å². The van der Waals surface area contributed by atoms with Gasteiger partial charge in [0.1, 0.15) is 11.9 Å². The second-order valence-corrected chi connectivity index (χ2v) is 6.26. The first kappa shape index (κ1) is 17.0. The van der Waals surface area contributed by atoms with Crippen LogP contribution in [0.2, 0.25) is 0 Å². The Bertz CT molecular complexity index is 477. The number of rotatable bonds is 8. The van der Waals surface area contributed by atoms with Crippen molar-refractivity contribution in [2.75, 3.05) is 7.05 Å². The monoisotopic (exact) mass is 309 g/mol. The van der Waals surface area contributed by atoms with Crippen molar-refractivity contribution in [1.82, 2.24) is 14.9 Å². The molecule has 0 unspecified atom stereocenters. The van der Waals surface area contributed by atoms with Crippen LogP contribution in [0.4, 0.5) is 0 Å². The van der Waals surface area contributed by atoms with Crippen LogP contribution in [0.5, 0.6) is 0 Å². The minimum Gasteiger partial charge on any atom is -0.480 e. The number of imidazole rings is 1. The van der Waals surface area contributed by atoms with Crippen LogP contribution in [0.3, 0.4) is 0 Å². The average molecular weight is 309 g/mol. The first-order valence-electron chi connectivity index (χ1n) is 8.16. The van der Waals surface area contributed by atoms with Crippen LogP contribution >= 0.6 is 0 Å². The molecule has 3 N–H and O–H groups in total. The van der Waals surface area contributed by atoms with Gasteiger partial charge >= 0.3 is 5.97 Å². The Morgan fingerprint density at radius 3 is 2.91 bits per heavy atom. The Hall–Kier alpha value is -1.40. The van der Waals surface area contributed by atoms with Crippen molar-refractivity contribution in [1.29, 1.82) is 0 Å². The fourth-order valence-electron chi connectivity index (χ4n) is 3.14. The maximum absolute atomic E-state index is 11.0. The highest BCUT2D eigenvalue weighted by molar-refractivity contribution is 5.74. The second kappa shape index (κ2) is 7.74. The number of aromatic nitrogens is 2. The van der Waals surface area contributed by atoms with Crippen molar-refractivity contribution in [3.05, 3.63) is 17.7 Å². The molecule has 1 aromatic heterocycles. The van der Waals surface area contributed by atoms with Gasteiger partial charge in [0.2, 0.25) is 0 Å². The van der Waals surface area contributed by atoms with Gasteiger partial charge in [-0.05, 0) is 45.1 Å². The van der Waals surface area contributed by atoms with E-state index in [2.05, 4.69) is 21.1 Å². The molecule has 0 saturated heterocycles. The van der Waals surface area contributed by atoms with Gasteiger partial charge in [-0.2, -0.15) is 0 Å². The third kappa shape index (κ3) is 4.08. The minimum absolute atomic E-state index is 0.0641. The summed E-state index contributed by atoms with van der Waals surface area (Å²) in [4.78, 5) is 15.7. The van der Waals surface area contributed by atoms with Gasteiger partial charge in [0.05, 0.1) is 11.8 Å². The summed E-state index contributed by atoms with van der Waals surface area (Å²) in [5.41, 5.74) is 1.11. The van der Waals surface area contributed by atoms with Gasteiger partial charge in [0, 0.05) is 19.2 Å². The maximum Gasteiger partial charge on any atom is 0.323 e. The van der Waals surface area contributed by atoms with Crippen LogP contribution in [0, 0.1) is 5.92 Å². The number of aliphatic hydroxyl groups excluding tert-OH is 1. The molecule has 1 aliphatic rings. The lowest BCUT2D eigenvalue weighted by Crippen LogP contribution is -2.47. The van der Waals surface area contributed by atoms with Crippen molar-refractivity contribution in [3.63, 3.8) is 0 Å². The van der Waals surface area contributed by atoms with Gasteiger partial charge in [-0.3, -0.25) is 4.79 Å². The number of aliphatic hydroxyl groups is 1. The smallest absolute Gasteiger partial charge is 0.323 e. The van der Waals surface area contributed by atoms with Crippen LogP contribution in [0.25, 0.3) is 0 Å². The highest BCUT2D eigenvalue weighted by Crippen LogP contribution is 2.18. The molecule has 1 aromatic rings. The Morgan fingerprint density at radius 1 is 1.50 bits per heavy atom. The van der Waals surface area contributed by atoms with E-state index in [1.165, 1.54) is 18.7 Å². The topological polar surface area (TPSA) is 87.4 Å². The van der Waals surface area contributed by atoms with Crippen molar-refractivity contribution in [2.24, 2.45) is 5.92 Å². The zero-order chi connectivity index (χ0) is 16.1. The third-order valence-corrected chi connectivity index (χ3v) is 4.55. The Kier molecular flexibility index (Phi) is 5.97. The van der Waals surface area contributed by atoms with Gasteiger partial charge in [-0.25, -0.2) is 4.98 Å². The van der Waals surface area contributed by atoms with E-state index in [-0.39, 0.29) is 5.92 Å².